The number of nitriles is 1. The minimum absolute atomic E-state index is 0.00789. The zero-order valence-electron chi connectivity index (χ0n) is 9.95. The molecule has 0 spiro atoms. The first kappa shape index (κ1) is 15.4. The molecule has 0 aliphatic heterocycles. The molecular formula is C13H4Cl2F4N2. The molecule has 0 saturated carbocycles. The second-order valence-corrected chi connectivity index (χ2v) is 4.65. The Balaban J connectivity index is 2.64. The van der Waals surface area contributed by atoms with Gasteiger partial charge in [-0.05, 0) is 12.1 Å². The predicted octanol–water partition coefficient (Wildman–Crippen LogP) is 5.17. The summed E-state index contributed by atoms with van der Waals surface area (Å²) in [6.45, 7) is 0. The highest BCUT2D eigenvalue weighted by molar-refractivity contribution is 6.39. The van der Waals surface area contributed by atoms with Gasteiger partial charge in [0, 0.05) is 0 Å². The molecule has 0 aliphatic rings. The summed E-state index contributed by atoms with van der Waals surface area (Å²) < 4.78 is 54.5. The van der Waals surface area contributed by atoms with Gasteiger partial charge in [0.15, 0.2) is 23.3 Å². The van der Waals surface area contributed by atoms with Gasteiger partial charge in [-0.25, -0.2) is 17.6 Å². The molecule has 0 unspecified atom stereocenters. The van der Waals surface area contributed by atoms with Crippen molar-refractivity contribution in [1.82, 2.24) is 0 Å². The molecule has 2 aromatic rings. The number of nitrogens with one attached hydrogen (secondary N) is 1. The Morgan fingerprint density at radius 1 is 0.857 bits per heavy atom. The molecule has 2 aromatic carbocycles. The lowest BCUT2D eigenvalue weighted by molar-refractivity contribution is 0.455. The van der Waals surface area contributed by atoms with E-state index in [2.05, 4.69) is 5.32 Å². The van der Waals surface area contributed by atoms with E-state index in [-0.39, 0.29) is 15.7 Å². The predicted molar refractivity (Wildman–Crippen MR) is 70.7 cm³/mol. The third kappa shape index (κ3) is 2.62. The van der Waals surface area contributed by atoms with Gasteiger partial charge in [0.25, 0.3) is 0 Å². The van der Waals surface area contributed by atoms with E-state index in [9.17, 15) is 17.6 Å². The molecule has 0 fully saturated rings. The van der Waals surface area contributed by atoms with Crippen LogP contribution in [0, 0.1) is 34.6 Å². The molecule has 0 aromatic heterocycles. The molecule has 108 valence electrons. The second-order valence-electron chi connectivity index (χ2n) is 3.84. The third-order valence-corrected chi connectivity index (χ3v) is 3.22. The van der Waals surface area contributed by atoms with Crippen molar-refractivity contribution < 1.29 is 17.6 Å². The van der Waals surface area contributed by atoms with Crippen LogP contribution in [0.4, 0.5) is 28.9 Å². The zero-order valence-corrected chi connectivity index (χ0v) is 11.5. The van der Waals surface area contributed by atoms with Crippen molar-refractivity contribution in [2.75, 3.05) is 5.32 Å². The Bertz CT molecular complexity index is 722. The number of benzene rings is 2. The fourth-order valence-electron chi connectivity index (χ4n) is 1.58. The van der Waals surface area contributed by atoms with Gasteiger partial charge in [0.05, 0.1) is 15.7 Å². The molecule has 21 heavy (non-hydrogen) atoms. The van der Waals surface area contributed by atoms with Crippen LogP contribution in [0.2, 0.25) is 10.0 Å². The van der Waals surface area contributed by atoms with Crippen LogP contribution >= 0.6 is 23.2 Å². The second kappa shape index (κ2) is 5.80. The summed E-state index contributed by atoms with van der Waals surface area (Å²) in [5, 5.41) is 10.6. The molecule has 0 amide bonds. The molecule has 2 rings (SSSR count). The smallest absolute Gasteiger partial charge is 0.186 e. The van der Waals surface area contributed by atoms with Crippen molar-refractivity contribution in [2.45, 2.75) is 0 Å². The van der Waals surface area contributed by atoms with Crippen molar-refractivity contribution in [1.29, 1.82) is 5.26 Å². The number of halogens is 6. The number of hydrogen-bond donors (Lipinski definition) is 1. The van der Waals surface area contributed by atoms with Crippen LogP contribution in [0.15, 0.2) is 18.2 Å². The van der Waals surface area contributed by atoms with Crippen LogP contribution in [0.5, 0.6) is 0 Å². The van der Waals surface area contributed by atoms with Crippen LogP contribution in [-0.4, -0.2) is 0 Å². The van der Waals surface area contributed by atoms with Crippen molar-refractivity contribution in [3.63, 3.8) is 0 Å². The van der Waals surface area contributed by atoms with Gasteiger partial charge in [-0.15, -0.1) is 0 Å². The largest absolute Gasteiger partial charge is 0.348 e. The Kier molecular flexibility index (Phi) is 4.26. The van der Waals surface area contributed by atoms with Gasteiger partial charge < -0.3 is 5.32 Å². The summed E-state index contributed by atoms with van der Waals surface area (Å²) in [6.07, 6.45) is 0. The molecule has 0 aliphatic carbocycles. The SMILES string of the molecule is N#Cc1c(F)c(F)c(Nc2c(Cl)cccc2Cl)c(F)c1F. The number of para-hydroxylation sites is 1. The number of rotatable bonds is 2. The van der Waals surface area contributed by atoms with Crippen LogP contribution in [0.25, 0.3) is 0 Å². The van der Waals surface area contributed by atoms with Crippen molar-refractivity contribution >= 4 is 34.6 Å². The zero-order chi connectivity index (χ0) is 15.7. The van der Waals surface area contributed by atoms with Crippen LogP contribution < -0.4 is 5.32 Å². The summed E-state index contributed by atoms with van der Waals surface area (Å²) in [4.78, 5) is 0. The number of nitrogens with zero attached hydrogens (tertiary/aromatic N) is 1. The van der Waals surface area contributed by atoms with E-state index in [0.29, 0.717) is 0 Å². The first-order valence-electron chi connectivity index (χ1n) is 5.35. The van der Waals surface area contributed by atoms with Gasteiger partial charge in [-0.2, -0.15) is 5.26 Å². The molecule has 0 saturated heterocycles. The molecule has 0 atom stereocenters. The van der Waals surface area contributed by atoms with Gasteiger partial charge in [-0.3, -0.25) is 0 Å². The molecule has 8 heteroatoms. The van der Waals surface area contributed by atoms with E-state index < -0.39 is 34.5 Å². The van der Waals surface area contributed by atoms with Crippen molar-refractivity contribution in [3.05, 3.63) is 57.1 Å². The summed E-state index contributed by atoms with van der Waals surface area (Å²) in [5.74, 6) is -7.10. The highest BCUT2D eigenvalue weighted by atomic mass is 35.5. The van der Waals surface area contributed by atoms with Gasteiger partial charge in [0.2, 0.25) is 0 Å². The van der Waals surface area contributed by atoms with Gasteiger partial charge in [-0.1, -0.05) is 29.3 Å². The first-order valence-corrected chi connectivity index (χ1v) is 6.11. The lowest BCUT2D eigenvalue weighted by atomic mass is 10.1. The minimum Gasteiger partial charge on any atom is -0.348 e. The van der Waals surface area contributed by atoms with Gasteiger partial charge >= 0.3 is 0 Å². The number of hydrogen-bond acceptors (Lipinski definition) is 2. The van der Waals surface area contributed by atoms with Crippen LogP contribution in [0.3, 0.4) is 0 Å². The average molecular weight is 335 g/mol. The summed E-state index contributed by atoms with van der Waals surface area (Å²) in [6, 6.07) is 5.25. The van der Waals surface area contributed by atoms with E-state index in [1.54, 1.807) is 0 Å². The number of anilines is 2. The Morgan fingerprint density at radius 3 is 1.76 bits per heavy atom. The maximum Gasteiger partial charge on any atom is 0.186 e. The average Bonchev–Trinajstić information content (AvgIpc) is 2.45. The maximum absolute atomic E-state index is 13.8. The quantitative estimate of drug-likeness (QED) is 0.607. The monoisotopic (exact) mass is 334 g/mol. The minimum atomic E-state index is -1.80. The van der Waals surface area contributed by atoms with Gasteiger partial charge in [0.1, 0.15) is 17.3 Å². The van der Waals surface area contributed by atoms with E-state index in [1.807, 2.05) is 0 Å². The normalized spacial score (nSPS) is 10.3. The standard InChI is InChI=1S/C13H4Cl2F4N2/c14-6-2-1-3-7(15)12(6)21-13-10(18)8(16)5(4-20)9(17)11(13)19/h1-3,21H. The Labute approximate surface area is 126 Å². The van der Waals surface area contributed by atoms with E-state index in [1.165, 1.54) is 18.2 Å². The van der Waals surface area contributed by atoms with Crippen LogP contribution in [-0.2, 0) is 0 Å². The Morgan fingerprint density at radius 2 is 1.33 bits per heavy atom. The van der Waals surface area contributed by atoms with E-state index in [0.717, 1.165) is 6.07 Å². The lowest BCUT2D eigenvalue weighted by Gasteiger charge is -2.13. The molecule has 0 bridgehead atoms. The van der Waals surface area contributed by atoms with E-state index >= 15 is 0 Å². The van der Waals surface area contributed by atoms with Crippen molar-refractivity contribution in [3.8, 4) is 6.07 Å². The maximum atomic E-state index is 13.8. The van der Waals surface area contributed by atoms with Crippen LogP contribution in [0.1, 0.15) is 5.56 Å². The molecule has 0 radical (unpaired) electrons. The van der Waals surface area contributed by atoms with Crippen molar-refractivity contribution in [2.24, 2.45) is 0 Å². The highest BCUT2D eigenvalue weighted by Gasteiger charge is 2.26. The fraction of sp³-hybridized carbons (Fsp3) is 0. The summed E-state index contributed by atoms with van der Waals surface area (Å²) >= 11 is 11.6. The third-order valence-electron chi connectivity index (χ3n) is 2.59. The molecule has 2 nitrogen and oxygen atoms in total. The van der Waals surface area contributed by atoms with E-state index in [4.69, 9.17) is 28.5 Å². The highest BCUT2D eigenvalue weighted by Crippen LogP contribution is 2.36. The molecule has 1 N–H and O–H groups in total. The summed E-state index contributed by atoms with van der Waals surface area (Å²) in [5.41, 5.74) is -2.60. The fourth-order valence-corrected chi connectivity index (χ4v) is 2.07. The molecular weight excluding hydrogens is 331 g/mol. The lowest BCUT2D eigenvalue weighted by Crippen LogP contribution is -2.07. The topological polar surface area (TPSA) is 35.8 Å². The molecule has 0 heterocycles. The Hall–Kier alpha value is -1.97. The first-order chi connectivity index (χ1) is 9.88. The summed E-state index contributed by atoms with van der Waals surface area (Å²) in [7, 11) is 0.